The number of H-pyrrole nitrogens is 1. The predicted molar refractivity (Wildman–Crippen MR) is 141 cm³/mol. The molecule has 3 N–H and O–H groups in total. The highest BCUT2D eigenvalue weighted by molar-refractivity contribution is 5.97. The average Bonchev–Trinajstić information content (AvgIpc) is 3.36. The number of anilines is 2. The Morgan fingerprint density at radius 1 is 1.03 bits per heavy atom. The average molecular weight is 500 g/mol. The molecule has 1 aliphatic heterocycles. The number of alkyl carbamates (subject to hydrolysis) is 1. The van der Waals surface area contributed by atoms with Gasteiger partial charge in [0.25, 0.3) is 0 Å². The minimum atomic E-state index is -0.860. The van der Waals surface area contributed by atoms with Crippen molar-refractivity contribution in [2.45, 2.75) is 19.1 Å². The van der Waals surface area contributed by atoms with Crippen molar-refractivity contribution < 1.29 is 19.1 Å². The van der Waals surface area contributed by atoms with Crippen molar-refractivity contribution in [1.29, 1.82) is 0 Å². The molecule has 2 aromatic carbocycles. The van der Waals surface area contributed by atoms with Crippen LogP contribution < -0.4 is 15.5 Å². The molecule has 4 aromatic rings. The number of carbonyl (C=O) groups is 2. The molecule has 3 heterocycles. The minimum absolute atomic E-state index is 0.112. The van der Waals surface area contributed by atoms with E-state index in [4.69, 9.17) is 9.47 Å². The monoisotopic (exact) mass is 499 g/mol. The highest BCUT2D eigenvalue weighted by Gasteiger charge is 2.24. The molecule has 5 rings (SSSR count). The Morgan fingerprint density at radius 3 is 2.59 bits per heavy atom. The maximum absolute atomic E-state index is 13.3. The SMILES string of the molecule is O=C(N[C@@H](Cc1c[nH]c2ccccc12)C(=O)Nc1ccc(N2CCOCC2)nc1)OCc1ccccc1. The lowest BCUT2D eigenvalue weighted by Crippen LogP contribution is -2.45. The van der Waals surface area contributed by atoms with E-state index in [9.17, 15) is 9.59 Å². The lowest BCUT2D eigenvalue weighted by molar-refractivity contribution is -0.118. The fourth-order valence-corrected chi connectivity index (χ4v) is 4.31. The van der Waals surface area contributed by atoms with Crippen molar-refractivity contribution >= 4 is 34.4 Å². The van der Waals surface area contributed by atoms with Crippen LogP contribution in [0.1, 0.15) is 11.1 Å². The Balaban J connectivity index is 1.28. The number of fused-ring (bicyclic) bond motifs is 1. The number of hydrogen-bond acceptors (Lipinski definition) is 6. The highest BCUT2D eigenvalue weighted by atomic mass is 16.5. The van der Waals surface area contributed by atoms with E-state index in [1.54, 1.807) is 6.20 Å². The fraction of sp³-hybridized carbons (Fsp3) is 0.250. The molecule has 0 bridgehead atoms. The van der Waals surface area contributed by atoms with Crippen LogP contribution in [-0.4, -0.2) is 54.3 Å². The van der Waals surface area contributed by atoms with E-state index >= 15 is 0 Å². The van der Waals surface area contributed by atoms with Crippen molar-refractivity contribution in [3.8, 4) is 0 Å². The summed E-state index contributed by atoms with van der Waals surface area (Å²) in [6, 6.07) is 20.1. The topological polar surface area (TPSA) is 109 Å². The maximum Gasteiger partial charge on any atom is 0.408 e. The number of para-hydroxylation sites is 1. The molecule has 9 heteroatoms. The molecule has 37 heavy (non-hydrogen) atoms. The number of nitrogens with zero attached hydrogens (tertiary/aromatic N) is 2. The zero-order chi connectivity index (χ0) is 25.5. The third-order valence-corrected chi connectivity index (χ3v) is 6.27. The summed E-state index contributed by atoms with van der Waals surface area (Å²) in [7, 11) is 0. The molecule has 9 nitrogen and oxygen atoms in total. The number of amides is 2. The van der Waals surface area contributed by atoms with Gasteiger partial charge in [0.05, 0.1) is 25.1 Å². The van der Waals surface area contributed by atoms with Gasteiger partial charge in [-0.05, 0) is 29.3 Å². The van der Waals surface area contributed by atoms with E-state index in [-0.39, 0.29) is 18.9 Å². The number of benzene rings is 2. The molecule has 1 atom stereocenters. The van der Waals surface area contributed by atoms with Crippen LogP contribution in [-0.2, 0) is 27.3 Å². The van der Waals surface area contributed by atoms with Crippen molar-refractivity contribution in [1.82, 2.24) is 15.3 Å². The first-order valence-corrected chi connectivity index (χ1v) is 12.3. The molecule has 0 saturated carbocycles. The third-order valence-electron chi connectivity index (χ3n) is 6.27. The third kappa shape index (κ3) is 6.25. The lowest BCUT2D eigenvalue weighted by Gasteiger charge is -2.27. The number of aromatic nitrogens is 2. The largest absolute Gasteiger partial charge is 0.445 e. The molecular formula is C28H29N5O4. The van der Waals surface area contributed by atoms with Crippen molar-refractivity contribution in [2.24, 2.45) is 0 Å². The van der Waals surface area contributed by atoms with E-state index in [1.807, 2.05) is 72.9 Å². The zero-order valence-corrected chi connectivity index (χ0v) is 20.4. The number of pyridine rings is 1. The standard InChI is InChI=1S/C28H29N5O4/c34-27(31-22-10-11-26(30-18-22)33-12-14-36-15-13-33)25(16-21-17-29-24-9-5-4-8-23(21)24)32-28(35)37-19-20-6-2-1-3-7-20/h1-11,17-18,25,29H,12-16,19H2,(H,31,34)(H,32,35)/t25-/m0/s1. The second-order valence-electron chi connectivity index (χ2n) is 8.82. The molecule has 1 saturated heterocycles. The van der Waals surface area contributed by atoms with Crippen LogP contribution in [0.25, 0.3) is 10.9 Å². The highest BCUT2D eigenvalue weighted by Crippen LogP contribution is 2.20. The summed E-state index contributed by atoms with van der Waals surface area (Å²) in [4.78, 5) is 35.8. The summed E-state index contributed by atoms with van der Waals surface area (Å²) in [5.41, 5.74) is 3.29. The predicted octanol–water partition coefficient (Wildman–Crippen LogP) is 3.88. The number of carbonyl (C=O) groups excluding carboxylic acids is 2. The zero-order valence-electron chi connectivity index (χ0n) is 20.4. The van der Waals surface area contributed by atoms with Crippen molar-refractivity contribution in [2.75, 3.05) is 36.5 Å². The fourth-order valence-electron chi connectivity index (χ4n) is 4.31. The first kappa shape index (κ1) is 24.3. The smallest absolute Gasteiger partial charge is 0.408 e. The minimum Gasteiger partial charge on any atom is -0.445 e. The number of hydrogen-bond donors (Lipinski definition) is 3. The molecular weight excluding hydrogens is 470 g/mol. The second kappa shape index (κ2) is 11.6. The van der Waals surface area contributed by atoms with Gasteiger partial charge < -0.3 is 30.0 Å². The normalized spacial score (nSPS) is 14.2. The van der Waals surface area contributed by atoms with E-state index in [2.05, 4.69) is 25.5 Å². The van der Waals surface area contributed by atoms with Crippen molar-refractivity contribution in [3.05, 3.63) is 90.3 Å². The Labute approximate surface area is 214 Å². The molecule has 0 spiro atoms. The summed E-state index contributed by atoms with van der Waals surface area (Å²) in [6.07, 6.45) is 3.11. The molecule has 1 aliphatic rings. The van der Waals surface area contributed by atoms with Crippen LogP contribution >= 0.6 is 0 Å². The Morgan fingerprint density at radius 2 is 1.81 bits per heavy atom. The van der Waals surface area contributed by atoms with Crippen LogP contribution in [0.4, 0.5) is 16.3 Å². The van der Waals surface area contributed by atoms with Gasteiger partial charge in [0.2, 0.25) is 5.91 Å². The van der Waals surface area contributed by atoms with Gasteiger partial charge in [-0.15, -0.1) is 0 Å². The van der Waals surface area contributed by atoms with Crippen LogP contribution in [0.15, 0.2) is 79.1 Å². The van der Waals surface area contributed by atoms with Crippen LogP contribution in [0.5, 0.6) is 0 Å². The summed E-state index contributed by atoms with van der Waals surface area (Å²) in [6.45, 7) is 3.01. The van der Waals surface area contributed by atoms with Crippen LogP contribution in [0.3, 0.4) is 0 Å². The first-order chi connectivity index (χ1) is 18.2. The molecule has 190 valence electrons. The molecule has 1 fully saturated rings. The molecule has 2 aromatic heterocycles. The van der Waals surface area contributed by atoms with Crippen LogP contribution in [0.2, 0.25) is 0 Å². The summed E-state index contributed by atoms with van der Waals surface area (Å²) < 4.78 is 10.8. The molecule has 2 amide bonds. The maximum atomic E-state index is 13.3. The van der Waals surface area contributed by atoms with Gasteiger partial charge >= 0.3 is 6.09 Å². The number of ether oxygens (including phenoxy) is 2. The number of morpholine rings is 1. The Kier molecular flexibility index (Phi) is 7.61. The van der Waals surface area contributed by atoms with Gasteiger partial charge in [-0.1, -0.05) is 48.5 Å². The van der Waals surface area contributed by atoms with Gasteiger partial charge in [0, 0.05) is 36.6 Å². The van der Waals surface area contributed by atoms with Gasteiger partial charge in [-0.3, -0.25) is 4.79 Å². The van der Waals surface area contributed by atoms with E-state index in [0.29, 0.717) is 18.9 Å². The van der Waals surface area contributed by atoms with Crippen LogP contribution in [0, 0.1) is 0 Å². The summed E-state index contributed by atoms with van der Waals surface area (Å²) in [5.74, 6) is 0.474. The second-order valence-corrected chi connectivity index (χ2v) is 8.82. The number of nitrogens with one attached hydrogen (secondary N) is 3. The molecule has 0 unspecified atom stereocenters. The van der Waals surface area contributed by atoms with E-state index in [1.165, 1.54) is 0 Å². The molecule has 0 radical (unpaired) electrons. The Bertz CT molecular complexity index is 1330. The lowest BCUT2D eigenvalue weighted by atomic mass is 10.0. The number of rotatable bonds is 8. The van der Waals surface area contributed by atoms with Gasteiger partial charge in [-0.2, -0.15) is 0 Å². The quantitative estimate of drug-likeness (QED) is 0.340. The number of aromatic amines is 1. The van der Waals surface area contributed by atoms with Gasteiger partial charge in [0.15, 0.2) is 0 Å². The summed E-state index contributed by atoms with van der Waals surface area (Å²) >= 11 is 0. The Hall–Kier alpha value is -4.37. The van der Waals surface area contributed by atoms with Gasteiger partial charge in [-0.25, -0.2) is 9.78 Å². The van der Waals surface area contributed by atoms with E-state index < -0.39 is 12.1 Å². The summed E-state index contributed by atoms with van der Waals surface area (Å²) in [5, 5.41) is 6.63. The first-order valence-electron chi connectivity index (χ1n) is 12.3. The van der Waals surface area contributed by atoms with E-state index in [0.717, 1.165) is 40.9 Å². The van der Waals surface area contributed by atoms with Crippen molar-refractivity contribution in [3.63, 3.8) is 0 Å². The van der Waals surface area contributed by atoms with Gasteiger partial charge in [0.1, 0.15) is 18.5 Å². The molecule has 0 aliphatic carbocycles.